The van der Waals surface area contributed by atoms with Gasteiger partial charge in [-0.3, -0.25) is 9.59 Å². The molecule has 1 fully saturated rings. The monoisotopic (exact) mass is 351 g/mol. The molecular weight excluding hydrogens is 325 g/mol. The number of benzene rings is 1. The zero-order chi connectivity index (χ0) is 18.4. The summed E-state index contributed by atoms with van der Waals surface area (Å²) in [6.07, 6.45) is 0. The Morgan fingerprint density at radius 2 is 1.92 bits per heavy atom. The fourth-order valence-electron chi connectivity index (χ4n) is 2.83. The Bertz CT molecular complexity index is 617. The molecule has 0 aromatic heterocycles. The van der Waals surface area contributed by atoms with Gasteiger partial charge in [0, 0.05) is 37.4 Å². The second kappa shape index (κ2) is 8.77. The molecule has 1 atom stereocenters. The highest BCUT2D eigenvalue weighted by Gasteiger charge is 2.21. The molecule has 138 valence electrons. The summed E-state index contributed by atoms with van der Waals surface area (Å²) in [5, 5.41) is 5.21. The van der Waals surface area contributed by atoms with Gasteiger partial charge in [-0.15, -0.1) is 0 Å². The van der Waals surface area contributed by atoms with Gasteiger partial charge < -0.3 is 26.2 Å². The molecule has 0 saturated carbocycles. The summed E-state index contributed by atoms with van der Waals surface area (Å²) in [6.45, 7) is 5.05. The highest BCUT2D eigenvalue weighted by atomic mass is 19.1. The topological polar surface area (TPSA) is 90.7 Å². The molecule has 2 rings (SSSR count). The number of likely N-dealkylation sites (N-methyl/N-ethyl adjacent to an activating group) is 1. The molecule has 1 aliphatic heterocycles. The average molecular weight is 351 g/mol. The molecular formula is C17H26FN5O2. The Kier molecular flexibility index (Phi) is 6.72. The van der Waals surface area contributed by atoms with Crippen LogP contribution in [0.25, 0.3) is 0 Å². The minimum atomic E-state index is -0.397. The first-order chi connectivity index (χ1) is 11.9. The lowest BCUT2D eigenvalue weighted by molar-refractivity contribution is -0.125. The van der Waals surface area contributed by atoms with Crippen molar-refractivity contribution in [2.24, 2.45) is 5.73 Å². The van der Waals surface area contributed by atoms with E-state index in [-0.39, 0.29) is 30.9 Å². The van der Waals surface area contributed by atoms with Crippen LogP contribution in [0.1, 0.15) is 18.5 Å². The van der Waals surface area contributed by atoms with E-state index < -0.39 is 5.91 Å². The fourth-order valence-corrected chi connectivity index (χ4v) is 2.83. The van der Waals surface area contributed by atoms with Crippen molar-refractivity contribution in [2.45, 2.75) is 13.0 Å². The number of carbonyl (C=O) groups is 2. The summed E-state index contributed by atoms with van der Waals surface area (Å²) in [7, 11) is 2.07. The van der Waals surface area contributed by atoms with Gasteiger partial charge >= 0.3 is 0 Å². The van der Waals surface area contributed by atoms with Gasteiger partial charge in [0.05, 0.1) is 19.1 Å². The molecule has 7 nitrogen and oxygen atoms in total. The lowest BCUT2D eigenvalue weighted by Crippen LogP contribution is -2.45. The molecule has 0 bridgehead atoms. The predicted molar refractivity (Wildman–Crippen MR) is 94.7 cm³/mol. The van der Waals surface area contributed by atoms with Crippen molar-refractivity contribution in [2.75, 3.05) is 51.2 Å². The van der Waals surface area contributed by atoms with Gasteiger partial charge in [-0.1, -0.05) is 0 Å². The summed E-state index contributed by atoms with van der Waals surface area (Å²) in [6, 6.07) is 4.27. The zero-order valence-corrected chi connectivity index (χ0v) is 14.7. The van der Waals surface area contributed by atoms with Crippen LogP contribution in [-0.4, -0.2) is 63.0 Å². The molecule has 1 aromatic carbocycles. The van der Waals surface area contributed by atoms with E-state index in [2.05, 4.69) is 27.5 Å². The van der Waals surface area contributed by atoms with E-state index in [1.165, 1.54) is 12.1 Å². The molecule has 1 aliphatic rings. The van der Waals surface area contributed by atoms with Crippen LogP contribution in [-0.2, 0) is 9.59 Å². The molecule has 2 amide bonds. The first-order valence-corrected chi connectivity index (χ1v) is 8.39. The van der Waals surface area contributed by atoms with Crippen LogP contribution in [0.15, 0.2) is 18.2 Å². The van der Waals surface area contributed by atoms with Crippen LogP contribution in [0.3, 0.4) is 0 Å². The van der Waals surface area contributed by atoms with Gasteiger partial charge in [-0.05, 0) is 32.2 Å². The Morgan fingerprint density at radius 3 is 2.56 bits per heavy atom. The van der Waals surface area contributed by atoms with E-state index in [1.54, 1.807) is 13.0 Å². The van der Waals surface area contributed by atoms with E-state index in [9.17, 15) is 14.0 Å². The SMILES string of the molecule is CC(NC(=O)CNC(=O)CN)c1cc(F)ccc1N1CCN(C)CC1. The number of hydrogen-bond donors (Lipinski definition) is 3. The van der Waals surface area contributed by atoms with Gasteiger partial charge in [0.1, 0.15) is 5.82 Å². The Balaban J connectivity index is 2.07. The standard InChI is InChI=1S/C17H26FN5O2/c1-12(21-17(25)11-20-16(24)10-19)14-9-13(18)3-4-15(14)23-7-5-22(2)6-8-23/h3-4,9,12H,5-8,10-11,19H2,1-2H3,(H,20,24)(H,21,25). The zero-order valence-electron chi connectivity index (χ0n) is 14.7. The van der Waals surface area contributed by atoms with Crippen LogP contribution < -0.4 is 21.3 Å². The largest absolute Gasteiger partial charge is 0.369 e. The average Bonchev–Trinajstić information content (AvgIpc) is 2.60. The lowest BCUT2D eigenvalue weighted by atomic mass is 10.0. The molecule has 1 unspecified atom stereocenters. The third-order valence-electron chi connectivity index (χ3n) is 4.31. The van der Waals surface area contributed by atoms with E-state index in [4.69, 9.17) is 5.73 Å². The molecule has 0 aliphatic carbocycles. The van der Waals surface area contributed by atoms with E-state index in [1.807, 2.05) is 0 Å². The molecule has 8 heteroatoms. The van der Waals surface area contributed by atoms with Crippen LogP contribution in [0.2, 0.25) is 0 Å². The molecule has 0 radical (unpaired) electrons. The minimum Gasteiger partial charge on any atom is -0.369 e. The molecule has 0 spiro atoms. The summed E-state index contributed by atoms with van der Waals surface area (Å²) < 4.78 is 13.8. The van der Waals surface area contributed by atoms with Gasteiger partial charge in [0.2, 0.25) is 11.8 Å². The van der Waals surface area contributed by atoms with Crippen molar-refractivity contribution < 1.29 is 14.0 Å². The number of nitrogens with zero attached hydrogens (tertiary/aromatic N) is 2. The number of carbonyl (C=O) groups excluding carboxylic acids is 2. The summed E-state index contributed by atoms with van der Waals surface area (Å²) in [5.41, 5.74) is 6.83. The van der Waals surface area contributed by atoms with Crippen molar-refractivity contribution in [3.63, 3.8) is 0 Å². The second-order valence-electron chi connectivity index (χ2n) is 6.26. The fraction of sp³-hybridized carbons (Fsp3) is 0.529. The highest BCUT2D eigenvalue weighted by Crippen LogP contribution is 2.28. The van der Waals surface area contributed by atoms with Crippen LogP contribution in [0.4, 0.5) is 10.1 Å². The van der Waals surface area contributed by atoms with Crippen molar-refractivity contribution in [3.05, 3.63) is 29.6 Å². The lowest BCUT2D eigenvalue weighted by Gasteiger charge is -2.36. The van der Waals surface area contributed by atoms with Crippen LogP contribution in [0.5, 0.6) is 0 Å². The van der Waals surface area contributed by atoms with Gasteiger partial charge in [0.25, 0.3) is 0 Å². The number of hydrogen-bond acceptors (Lipinski definition) is 5. The summed E-state index contributed by atoms with van der Waals surface area (Å²) in [4.78, 5) is 27.6. The van der Waals surface area contributed by atoms with Crippen LogP contribution >= 0.6 is 0 Å². The molecule has 25 heavy (non-hydrogen) atoms. The number of nitrogens with one attached hydrogen (secondary N) is 2. The third kappa shape index (κ3) is 5.40. The molecule has 4 N–H and O–H groups in total. The van der Waals surface area contributed by atoms with Crippen molar-refractivity contribution in [1.82, 2.24) is 15.5 Å². The number of rotatable bonds is 6. The summed E-state index contributed by atoms with van der Waals surface area (Å²) in [5.74, 6) is -1.08. The minimum absolute atomic E-state index is 0.153. The maximum atomic E-state index is 13.8. The molecule has 1 aromatic rings. The number of amides is 2. The van der Waals surface area contributed by atoms with Crippen molar-refractivity contribution in [1.29, 1.82) is 0 Å². The predicted octanol–water partition coefficient (Wildman–Crippen LogP) is -0.170. The molecule has 1 saturated heterocycles. The number of nitrogens with two attached hydrogens (primary N) is 1. The Labute approximate surface area is 147 Å². The van der Waals surface area contributed by atoms with Crippen LogP contribution in [0, 0.1) is 5.82 Å². The Morgan fingerprint density at radius 1 is 1.24 bits per heavy atom. The normalized spacial score (nSPS) is 16.4. The van der Waals surface area contributed by atoms with E-state index >= 15 is 0 Å². The smallest absolute Gasteiger partial charge is 0.239 e. The summed E-state index contributed by atoms with van der Waals surface area (Å²) >= 11 is 0. The maximum Gasteiger partial charge on any atom is 0.239 e. The van der Waals surface area contributed by atoms with Gasteiger partial charge in [-0.2, -0.15) is 0 Å². The highest BCUT2D eigenvalue weighted by molar-refractivity contribution is 5.85. The van der Waals surface area contributed by atoms with Crippen molar-refractivity contribution in [3.8, 4) is 0 Å². The van der Waals surface area contributed by atoms with Gasteiger partial charge in [0.15, 0.2) is 0 Å². The van der Waals surface area contributed by atoms with Crippen molar-refractivity contribution >= 4 is 17.5 Å². The second-order valence-corrected chi connectivity index (χ2v) is 6.26. The molecule has 1 heterocycles. The number of halogens is 1. The number of piperazine rings is 1. The maximum absolute atomic E-state index is 13.8. The van der Waals surface area contributed by atoms with E-state index in [0.717, 1.165) is 37.4 Å². The van der Waals surface area contributed by atoms with Gasteiger partial charge in [-0.25, -0.2) is 4.39 Å². The Hall–Kier alpha value is -2.19. The first-order valence-electron chi connectivity index (χ1n) is 8.39. The van der Waals surface area contributed by atoms with E-state index in [0.29, 0.717) is 0 Å². The first kappa shape index (κ1) is 19.1. The quantitative estimate of drug-likeness (QED) is 0.662. The number of anilines is 1. The third-order valence-corrected chi connectivity index (χ3v) is 4.31.